The van der Waals surface area contributed by atoms with Crippen LogP contribution in [0.3, 0.4) is 0 Å². The number of aliphatic hydroxyl groups excluding tert-OH is 1. The van der Waals surface area contributed by atoms with E-state index in [1.807, 2.05) is 25.1 Å². The van der Waals surface area contributed by atoms with Gasteiger partial charge in [-0.3, -0.25) is 0 Å². The van der Waals surface area contributed by atoms with Crippen LogP contribution in [-0.2, 0) is 12.0 Å². The van der Waals surface area contributed by atoms with Crippen molar-refractivity contribution < 1.29 is 9.84 Å². The molecule has 1 aromatic carbocycles. The first-order valence-corrected chi connectivity index (χ1v) is 7.32. The number of benzene rings is 1. The highest BCUT2D eigenvalue weighted by Gasteiger charge is 2.17. The molecular formula is C18H23NO2. The summed E-state index contributed by atoms with van der Waals surface area (Å²) in [5.74, 6) is 1.32. The van der Waals surface area contributed by atoms with Gasteiger partial charge in [0, 0.05) is 11.8 Å². The molecule has 0 aliphatic carbocycles. The average Bonchev–Trinajstić information content (AvgIpc) is 2.48. The molecule has 0 aliphatic heterocycles. The van der Waals surface area contributed by atoms with E-state index in [-0.39, 0.29) is 12.0 Å². The van der Waals surface area contributed by atoms with Gasteiger partial charge in [0.05, 0.1) is 6.61 Å². The van der Waals surface area contributed by atoms with Crippen molar-refractivity contribution in [3.63, 3.8) is 0 Å². The van der Waals surface area contributed by atoms with Gasteiger partial charge in [0.25, 0.3) is 0 Å². The van der Waals surface area contributed by atoms with Crippen molar-refractivity contribution in [1.82, 2.24) is 4.98 Å². The molecule has 1 aromatic heterocycles. The molecule has 0 atom stereocenters. The van der Waals surface area contributed by atoms with E-state index in [0.29, 0.717) is 5.88 Å². The van der Waals surface area contributed by atoms with Gasteiger partial charge in [-0.05, 0) is 48.1 Å². The fraction of sp³-hybridized carbons (Fsp3) is 0.389. The summed E-state index contributed by atoms with van der Waals surface area (Å²) in [4.78, 5) is 4.34. The van der Waals surface area contributed by atoms with Gasteiger partial charge in [-0.25, -0.2) is 4.98 Å². The number of aryl methyl sites for hydroxylation is 1. The van der Waals surface area contributed by atoms with Crippen LogP contribution in [0.2, 0.25) is 0 Å². The van der Waals surface area contributed by atoms with E-state index in [2.05, 4.69) is 37.9 Å². The number of pyridine rings is 1. The Morgan fingerprint density at radius 3 is 2.29 bits per heavy atom. The second-order valence-corrected chi connectivity index (χ2v) is 5.92. The van der Waals surface area contributed by atoms with Crippen molar-refractivity contribution >= 4 is 0 Å². The van der Waals surface area contributed by atoms with Crippen LogP contribution in [0.25, 0.3) is 0 Å². The molecule has 112 valence electrons. The molecule has 0 fully saturated rings. The topological polar surface area (TPSA) is 42.4 Å². The minimum atomic E-state index is -0.0000886. The molecule has 0 saturated carbocycles. The predicted octanol–water partition coefficient (Wildman–Crippen LogP) is 4.36. The van der Waals surface area contributed by atoms with Gasteiger partial charge in [0.2, 0.25) is 5.88 Å². The van der Waals surface area contributed by atoms with E-state index < -0.39 is 0 Å². The van der Waals surface area contributed by atoms with E-state index in [1.54, 1.807) is 6.07 Å². The lowest BCUT2D eigenvalue weighted by atomic mass is 9.82. The van der Waals surface area contributed by atoms with Crippen LogP contribution in [0.1, 0.15) is 44.0 Å². The zero-order valence-electron chi connectivity index (χ0n) is 13.2. The van der Waals surface area contributed by atoms with Crippen LogP contribution >= 0.6 is 0 Å². The minimum absolute atomic E-state index is 0.0000886. The number of hydrogen-bond donors (Lipinski definition) is 1. The van der Waals surface area contributed by atoms with Gasteiger partial charge < -0.3 is 9.84 Å². The molecule has 1 N–H and O–H groups in total. The Labute approximate surface area is 126 Å². The van der Waals surface area contributed by atoms with E-state index in [1.165, 1.54) is 5.56 Å². The molecule has 0 saturated heterocycles. The SMILES string of the molecule is CCC(C)(C)c1ccc(Oc2ccc(CO)c(C)n2)cc1. The molecule has 3 nitrogen and oxygen atoms in total. The van der Waals surface area contributed by atoms with Crippen LogP contribution in [0.15, 0.2) is 36.4 Å². The van der Waals surface area contributed by atoms with Crippen LogP contribution in [0.5, 0.6) is 11.6 Å². The summed E-state index contributed by atoms with van der Waals surface area (Å²) < 4.78 is 5.77. The number of aromatic nitrogens is 1. The number of nitrogens with zero attached hydrogens (tertiary/aromatic N) is 1. The number of hydrogen-bond acceptors (Lipinski definition) is 3. The second-order valence-electron chi connectivity index (χ2n) is 5.92. The van der Waals surface area contributed by atoms with Crippen LogP contribution < -0.4 is 4.74 Å². The summed E-state index contributed by atoms with van der Waals surface area (Å²) in [5, 5.41) is 9.15. The van der Waals surface area contributed by atoms with Crippen molar-refractivity contribution in [2.45, 2.75) is 46.1 Å². The first-order valence-electron chi connectivity index (χ1n) is 7.32. The molecule has 21 heavy (non-hydrogen) atoms. The zero-order chi connectivity index (χ0) is 15.5. The summed E-state index contributed by atoms with van der Waals surface area (Å²) in [6.07, 6.45) is 1.09. The highest BCUT2D eigenvalue weighted by Crippen LogP contribution is 2.29. The fourth-order valence-corrected chi connectivity index (χ4v) is 2.09. The first-order chi connectivity index (χ1) is 9.96. The molecule has 2 aromatic rings. The van der Waals surface area contributed by atoms with Gasteiger partial charge in [-0.1, -0.05) is 32.9 Å². The fourth-order valence-electron chi connectivity index (χ4n) is 2.09. The highest BCUT2D eigenvalue weighted by atomic mass is 16.5. The zero-order valence-corrected chi connectivity index (χ0v) is 13.2. The van der Waals surface area contributed by atoms with E-state index in [9.17, 15) is 0 Å². The molecular weight excluding hydrogens is 262 g/mol. The Morgan fingerprint density at radius 2 is 1.76 bits per heavy atom. The van der Waals surface area contributed by atoms with Crippen LogP contribution in [-0.4, -0.2) is 10.1 Å². The smallest absolute Gasteiger partial charge is 0.219 e. The van der Waals surface area contributed by atoms with Crippen molar-refractivity contribution in [3.05, 3.63) is 53.2 Å². The van der Waals surface area contributed by atoms with Gasteiger partial charge in [0.15, 0.2) is 0 Å². The Balaban J connectivity index is 2.15. The number of rotatable bonds is 5. The van der Waals surface area contributed by atoms with Crippen LogP contribution in [0, 0.1) is 6.92 Å². The maximum Gasteiger partial charge on any atom is 0.219 e. The maximum absolute atomic E-state index is 9.15. The number of ether oxygens (including phenoxy) is 1. The van der Waals surface area contributed by atoms with Crippen molar-refractivity contribution in [3.8, 4) is 11.6 Å². The van der Waals surface area contributed by atoms with E-state index in [4.69, 9.17) is 9.84 Å². The van der Waals surface area contributed by atoms with Crippen molar-refractivity contribution in [2.75, 3.05) is 0 Å². The largest absolute Gasteiger partial charge is 0.439 e. The molecule has 1 heterocycles. The summed E-state index contributed by atoms with van der Waals surface area (Å²) in [5.41, 5.74) is 3.09. The lowest BCUT2D eigenvalue weighted by Gasteiger charge is -2.23. The van der Waals surface area contributed by atoms with E-state index >= 15 is 0 Å². The highest BCUT2D eigenvalue weighted by molar-refractivity contribution is 5.34. The lowest BCUT2D eigenvalue weighted by molar-refractivity contribution is 0.280. The minimum Gasteiger partial charge on any atom is -0.439 e. The standard InChI is InChI=1S/C18H23NO2/c1-5-18(3,4)15-7-9-16(10-8-15)21-17-11-6-14(12-20)13(2)19-17/h6-11,20H,5,12H2,1-4H3. The molecule has 0 radical (unpaired) electrons. The molecule has 2 rings (SSSR count). The first kappa shape index (κ1) is 15.5. The molecule has 0 unspecified atom stereocenters. The van der Waals surface area contributed by atoms with Gasteiger partial charge >= 0.3 is 0 Å². The van der Waals surface area contributed by atoms with Gasteiger partial charge in [0.1, 0.15) is 5.75 Å². The molecule has 3 heteroatoms. The monoisotopic (exact) mass is 285 g/mol. The van der Waals surface area contributed by atoms with Crippen LogP contribution in [0.4, 0.5) is 0 Å². The second kappa shape index (κ2) is 6.27. The molecule has 0 amide bonds. The third-order valence-corrected chi connectivity index (χ3v) is 4.08. The van der Waals surface area contributed by atoms with Gasteiger partial charge in [-0.15, -0.1) is 0 Å². The van der Waals surface area contributed by atoms with Gasteiger partial charge in [-0.2, -0.15) is 0 Å². The maximum atomic E-state index is 9.15. The van der Waals surface area contributed by atoms with Crippen molar-refractivity contribution in [2.24, 2.45) is 0 Å². The summed E-state index contributed by atoms with van der Waals surface area (Å²) in [7, 11) is 0. The number of aliphatic hydroxyl groups is 1. The molecule has 0 bridgehead atoms. The third-order valence-electron chi connectivity index (χ3n) is 4.08. The van der Waals surface area contributed by atoms with Crippen molar-refractivity contribution in [1.29, 1.82) is 0 Å². The Morgan fingerprint density at radius 1 is 1.10 bits per heavy atom. The predicted molar refractivity (Wildman–Crippen MR) is 84.7 cm³/mol. The molecule has 0 spiro atoms. The summed E-state index contributed by atoms with van der Waals surface area (Å²) in [6, 6.07) is 11.8. The molecule has 0 aliphatic rings. The quantitative estimate of drug-likeness (QED) is 0.887. The normalized spacial score (nSPS) is 11.5. The Hall–Kier alpha value is -1.87. The summed E-state index contributed by atoms with van der Waals surface area (Å²) >= 11 is 0. The average molecular weight is 285 g/mol. The Kier molecular flexibility index (Phi) is 4.63. The van der Waals surface area contributed by atoms with E-state index in [0.717, 1.165) is 23.4 Å². The third kappa shape index (κ3) is 3.61. The lowest BCUT2D eigenvalue weighted by Crippen LogP contribution is -2.14. The Bertz CT molecular complexity index is 603. The summed E-state index contributed by atoms with van der Waals surface area (Å²) in [6.45, 7) is 8.54.